The van der Waals surface area contributed by atoms with Crippen molar-refractivity contribution in [1.82, 2.24) is 4.90 Å². The Morgan fingerprint density at radius 1 is 1.39 bits per heavy atom. The fourth-order valence-electron chi connectivity index (χ4n) is 2.95. The van der Waals surface area contributed by atoms with Gasteiger partial charge in [0.1, 0.15) is 0 Å². The summed E-state index contributed by atoms with van der Waals surface area (Å²) in [6.45, 7) is 2.06. The van der Waals surface area contributed by atoms with E-state index in [0.717, 1.165) is 25.8 Å². The van der Waals surface area contributed by atoms with E-state index in [0.29, 0.717) is 32.5 Å². The maximum Gasteiger partial charge on any atom is 0.243 e. The Bertz CT molecular complexity index is 288. The van der Waals surface area contributed by atoms with Gasteiger partial charge in [0, 0.05) is 32.4 Å². The molecule has 0 spiro atoms. The van der Waals surface area contributed by atoms with Gasteiger partial charge in [0.25, 0.3) is 0 Å². The lowest BCUT2D eigenvalue weighted by atomic mass is 9.87. The molecule has 2 rings (SSSR count). The Labute approximate surface area is 108 Å². The van der Waals surface area contributed by atoms with Gasteiger partial charge in [-0.2, -0.15) is 0 Å². The van der Waals surface area contributed by atoms with Crippen molar-refractivity contribution >= 4 is 5.91 Å². The molecule has 18 heavy (non-hydrogen) atoms. The smallest absolute Gasteiger partial charge is 0.243 e. The molecule has 1 atom stereocenters. The van der Waals surface area contributed by atoms with E-state index in [1.165, 1.54) is 0 Å². The highest BCUT2D eigenvalue weighted by molar-refractivity contribution is 5.86. The number of carbonyl (C=O) groups excluding carboxylic acids is 1. The zero-order valence-corrected chi connectivity index (χ0v) is 10.9. The summed E-state index contributed by atoms with van der Waals surface area (Å²) in [5.74, 6) is 0.0592. The Kier molecular flexibility index (Phi) is 4.59. The van der Waals surface area contributed by atoms with E-state index in [4.69, 9.17) is 15.6 Å². The monoisotopic (exact) mass is 256 g/mol. The summed E-state index contributed by atoms with van der Waals surface area (Å²) in [6, 6.07) is 0.166. The zero-order chi connectivity index (χ0) is 13.0. The predicted molar refractivity (Wildman–Crippen MR) is 68.0 cm³/mol. The quantitative estimate of drug-likeness (QED) is 0.759. The number of rotatable bonds is 3. The van der Waals surface area contributed by atoms with E-state index in [2.05, 4.69) is 0 Å². The fraction of sp³-hybridized carbons (Fsp3) is 0.923. The molecule has 5 nitrogen and oxygen atoms in total. The number of hydrogen-bond acceptors (Lipinski definition) is 4. The number of carbonyl (C=O) groups is 1. The zero-order valence-electron chi connectivity index (χ0n) is 10.9. The molecular weight excluding hydrogens is 232 g/mol. The molecule has 2 heterocycles. The molecule has 0 aromatic rings. The minimum absolute atomic E-state index is 0.0592. The van der Waals surface area contributed by atoms with Crippen molar-refractivity contribution in [2.45, 2.75) is 50.1 Å². The predicted octanol–water partition coefficient (Wildman–Crippen LogP) is 0.258. The third kappa shape index (κ3) is 2.84. The summed E-state index contributed by atoms with van der Waals surface area (Å²) in [5, 5.41) is 9.10. The van der Waals surface area contributed by atoms with Gasteiger partial charge in [-0.15, -0.1) is 0 Å². The first-order valence-corrected chi connectivity index (χ1v) is 6.96. The van der Waals surface area contributed by atoms with Crippen molar-refractivity contribution in [3.63, 3.8) is 0 Å². The summed E-state index contributed by atoms with van der Waals surface area (Å²) in [4.78, 5) is 14.5. The van der Waals surface area contributed by atoms with Crippen LogP contribution in [0.25, 0.3) is 0 Å². The number of aliphatic hydroxyl groups excluding tert-OH is 1. The number of likely N-dealkylation sites (tertiary alicyclic amines) is 1. The van der Waals surface area contributed by atoms with Crippen molar-refractivity contribution in [2.24, 2.45) is 5.73 Å². The Hall–Kier alpha value is -0.650. The molecule has 0 radical (unpaired) electrons. The molecule has 3 N–H and O–H groups in total. The van der Waals surface area contributed by atoms with Gasteiger partial charge in [0.15, 0.2) is 0 Å². The van der Waals surface area contributed by atoms with Gasteiger partial charge in [-0.1, -0.05) is 0 Å². The second kappa shape index (κ2) is 5.99. The van der Waals surface area contributed by atoms with Crippen LogP contribution in [0.15, 0.2) is 0 Å². The van der Waals surface area contributed by atoms with E-state index < -0.39 is 5.54 Å². The van der Waals surface area contributed by atoms with Gasteiger partial charge in [0.2, 0.25) is 5.91 Å². The van der Waals surface area contributed by atoms with Gasteiger partial charge >= 0.3 is 0 Å². The summed E-state index contributed by atoms with van der Waals surface area (Å²) in [5.41, 5.74) is 5.51. The molecule has 2 saturated heterocycles. The van der Waals surface area contributed by atoms with Crippen molar-refractivity contribution in [2.75, 3.05) is 26.4 Å². The Morgan fingerprint density at radius 2 is 2.11 bits per heavy atom. The summed E-state index contributed by atoms with van der Waals surface area (Å²) in [6.07, 6.45) is 5.04. The van der Waals surface area contributed by atoms with Crippen LogP contribution in [0.2, 0.25) is 0 Å². The molecule has 0 bridgehead atoms. The summed E-state index contributed by atoms with van der Waals surface area (Å²) >= 11 is 0. The minimum Gasteiger partial charge on any atom is -0.396 e. The standard InChI is InChI=1S/C13H24N2O3/c14-13(5-9-18-10-6-13)12(17)15-7-2-1-3-11(15)4-8-16/h11,16H,1-10,14H2. The number of aliphatic hydroxyl groups is 1. The Morgan fingerprint density at radius 3 is 2.78 bits per heavy atom. The van der Waals surface area contributed by atoms with Crippen LogP contribution in [-0.4, -0.2) is 53.9 Å². The van der Waals surface area contributed by atoms with Gasteiger partial charge in [-0.05, 0) is 38.5 Å². The van der Waals surface area contributed by atoms with E-state index >= 15 is 0 Å². The highest BCUT2D eigenvalue weighted by atomic mass is 16.5. The van der Waals surface area contributed by atoms with Crippen LogP contribution in [0.4, 0.5) is 0 Å². The van der Waals surface area contributed by atoms with Gasteiger partial charge < -0.3 is 20.5 Å². The molecule has 2 fully saturated rings. The van der Waals surface area contributed by atoms with Crippen LogP contribution < -0.4 is 5.73 Å². The lowest BCUT2D eigenvalue weighted by Gasteiger charge is -2.42. The largest absolute Gasteiger partial charge is 0.396 e. The number of amides is 1. The summed E-state index contributed by atoms with van der Waals surface area (Å²) in [7, 11) is 0. The fourth-order valence-corrected chi connectivity index (χ4v) is 2.95. The SMILES string of the molecule is NC1(C(=O)N2CCCCC2CCO)CCOCC1. The third-order valence-corrected chi connectivity index (χ3v) is 4.16. The third-order valence-electron chi connectivity index (χ3n) is 4.16. The first-order chi connectivity index (χ1) is 8.67. The van der Waals surface area contributed by atoms with E-state index in [9.17, 15) is 4.79 Å². The molecule has 0 saturated carbocycles. The number of nitrogens with two attached hydrogens (primary N) is 1. The van der Waals surface area contributed by atoms with Crippen LogP contribution >= 0.6 is 0 Å². The molecule has 104 valence electrons. The van der Waals surface area contributed by atoms with E-state index in [-0.39, 0.29) is 18.6 Å². The van der Waals surface area contributed by atoms with Crippen molar-refractivity contribution in [1.29, 1.82) is 0 Å². The van der Waals surface area contributed by atoms with Gasteiger partial charge in [-0.25, -0.2) is 0 Å². The second-order valence-electron chi connectivity index (χ2n) is 5.43. The minimum atomic E-state index is -0.747. The molecule has 2 aliphatic heterocycles. The number of ether oxygens (including phenoxy) is 1. The molecule has 1 amide bonds. The number of piperidine rings is 1. The number of nitrogens with zero attached hydrogens (tertiary/aromatic N) is 1. The van der Waals surface area contributed by atoms with Crippen LogP contribution in [-0.2, 0) is 9.53 Å². The number of hydrogen-bond donors (Lipinski definition) is 2. The van der Waals surface area contributed by atoms with Crippen molar-refractivity contribution in [3.8, 4) is 0 Å². The Balaban J connectivity index is 2.05. The van der Waals surface area contributed by atoms with Crippen molar-refractivity contribution < 1.29 is 14.6 Å². The van der Waals surface area contributed by atoms with Crippen LogP contribution in [0.5, 0.6) is 0 Å². The second-order valence-corrected chi connectivity index (χ2v) is 5.43. The topological polar surface area (TPSA) is 75.8 Å². The van der Waals surface area contributed by atoms with Crippen molar-refractivity contribution in [3.05, 3.63) is 0 Å². The molecule has 0 aromatic heterocycles. The van der Waals surface area contributed by atoms with Crippen LogP contribution in [0.1, 0.15) is 38.5 Å². The molecule has 2 aliphatic rings. The maximum atomic E-state index is 12.6. The van der Waals surface area contributed by atoms with E-state index in [1.807, 2.05) is 4.90 Å². The summed E-state index contributed by atoms with van der Waals surface area (Å²) < 4.78 is 5.29. The highest BCUT2D eigenvalue weighted by Gasteiger charge is 2.41. The molecule has 5 heteroatoms. The molecule has 0 aromatic carbocycles. The van der Waals surface area contributed by atoms with Gasteiger partial charge in [0.05, 0.1) is 5.54 Å². The average Bonchev–Trinajstić information content (AvgIpc) is 2.40. The molecule has 0 aliphatic carbocycles. The van der Waals surface area contributed by atoms with Crippen LogP contribution in [0, 0.1) is 0 Å². The highest BCUT2D eigenvalue weighted by Crippen LogP contribution is 2.26. The normalized spacial score (nSPS) is 28.1. The van der Waals surface area contributed by atoms with Gasteiger partial charge in [-0.3, -0.25) is 4.79 Å². The lowest BCUT2D eigenvalue weighted by Crippen LogP contribution is -2.61. The first kappa shape index (κ1) is 13.8. The van der Waals surface area contributed by atoms with Crippen LogP contribution in [0.3, 0.4) is 0 Å². The average molecular weight is 256 g/mol. The van der Waals surface area contributed by atoms with E-state index in [1.54, 1.807) is 0 Å². The maximum absolute atomic E-state index is 12.6. The molecule has 1 unspecified atom stereocenters. The lowest BCUT2D eigenvalue weighted by molar-refractivity contribution is -0.144. The molecular formula is C13H24N2O3. The first-order valence-electron chi connectivity index (χ1n) is 6.96.